The molecule has 1 aliphatic carbocycles. The Labute approximate surface area is 868 Å². The van der Waals surface area contributed by atoms with E-state index in [0.717, 1.165) is 55.1 Å². The van der Waals surface area contributed by atoms with Crippen molar-refractivity contribution in [2.24, 2.45) is 0 Å². The fourth-order valence-electron chi connectivity index (χ4n) is 21.1. The number of halogens is 2. The highest BCUT2D eigenvalue weighted by atomic mass is 79.9. The molecule has 0 unspecified atom stereocenters. The third kappa shape index (κ3) is 17.9. The van der Waals surface area contributed by atoms with Gasteiger partial charge in [0.25, 0.3) is 11.4 Å². The van der Waals surface area contributed by atoms with E-state index in [1.54, 1.807) is 30.3 Å². The molecule has 0 spiro atoms. The molecule has 0 N–H and O–H groups in total. The number of nitrogens with zero attached hydrogens (tertiary/aromatic N) is 6. The third-order valence-corrected chi connectivity index (χ3v) is 32.2. The normalized spacial score (nSPS) is 12.7. The smallest absolute Gasteiger partial charge is 0.399 e. The SMILES string of the molecule is Brc1ccc2c(c1)c1ccc3ccccc3c1n2-c1ccccc1.CC1(C)OB(c2ccc3c(c2)c2ccc4ccccc4c2n3-c2ccccc2)OC1(C)C.O=[N+]([O-])c1ccccc1-c1ccc2c(c1)c1ccc3ccccc3c1n2-c1ccccc1.O=[N+]([O-])c1ccccc1Br.c1ccc(-n2c3cc4c(cc3c3ccc5ccccc5c32)-c2ccccc2C4)cc1.c1ccc(P(c2ccccc2)c2ccccc2)cc1. The fourth-order valence-corrected chi connectivity index (χ4v) is 24.2. The van der Waals surface area contributed by atoms with Gasteiger partial charge in [-0.3, -0.25) is 20.2 Å². The van der Waals surface area contributed by atoms with Crippen LogP contribution < -0.4 is 21.4 Å². The van der Waals surface area contributed by atoms with Gasteiger partial charge in [-0.1, -0.05) is 392 Å². The van der Waals surface area contributed by atoms with Gasteiger partial charge in [0.2, 0.25) is 0 Å². The Morgan fingerprint density at radius 1 is 0.272 bits per heavy atom. The highest BCUT2D eigenvalue weighted by molar-refractivity contribution is 9.10. The molecule has 708 valence electrons. The number of aromatic nitrogens is 4. The topological polar surface area (TPSA) is 124 Å². The van der Waals surface area contributed by atoms with Crippen molar-refractivity contribution in [2.75, 3.05) is 0 Å². The molecule has 0 amide bonds. The molecule has 1 aliphatic heterocycles. The van der Waals surface area contributed by atoms with E-state index in [2.05, 4.69) is 502 Å². The van der Waals surface area contributed by atoms with Crippen molar-refractivity contribution < 1.29 is 19.2 Å². The van der Waals surface area contributed by atoms with E-state index in [1.807, 2.05) is 36.4 Å². The van der Waals surface area contributed by atoms with Crippen molar-refractivity contribution in [1.82, 2.24) is 18.3 Å². The summed E-state index contributed by atoms with van der Waals surface area (Å²) in [6.45, 7) is 8.38. The Hall–Kier alpha value is -16.7. The fraction of sp³-hybridized carbons (Fsp3) is 0.0534. The first-order valence-electron chi connectivity index (χ1n) is 49.2. The van der Waals surface area contributed by atoms with Crippen LogP contribution in [0.3, 0.4) is 0 Å². The van der Waals surface area contributed by atoms with Crippen molar-refractivity contribution in [3.05, 3.63) is 538 Å². The van der Waals surface area contributed by atoms with Crippen LogP contribution >= 0.6 is 39.8 Å². The molecule has 26 aromatic rings. The van der Waals surface area contributed by atoms with Crippen LogP contribution in [0.15, 0.2) is 506 Å². The lowest BCUT2D eigenvalue weighted by Gasteiger charge is -2.32. The summed E-state index contributed by atoms with van der Waals surface area (Å²) in [5, 5.41) is 45.8. The van der Waals surface area contributed by atoms with Crippen LogP contribution in [-0.4, -0.2) is 46.4 Å². The maximum atomic E-state index is 11.6. The van der Waals surface area contributed by atoms with Crippen molar-refractivity contribution in [2.45, 2.75) is 45.3 Å². The van der Waals surface area contributed by atoms with Crippen LogP contribution in [0.5, 0.6) is 0 Å². The van der Waals surface area contributed by atoms with Gasteiger partial charge in [0.1, 0.15) is 0 Å². The molecular weight excluding hydrogens is 1960 g/mol. The molecule has 0 bridgehead atoms. The molecule has 22 aromatic carbocycles. The maximum Gasteiger partial charge on any atom is 0.494 e. The largest absolute Gasteiger partial charge is 0.494 e. The summed E-state index contributed by atoms with van der Waals surface area (Å²) in [6, 6.07) is 173. The number of rotatable bonds is 11. The van der Waals surface area contributed by atoms with E-state index in [0.29, 0.717) is 10.0 Å². The summed E-state index contributed by atoms with van der Waals surface area (Å²) in [4.78, 5) is 21.1. The zero-order valence-electron chi connectivity index (χ0n) is 81.0. The van der Waals surface area contributed by atoms with Crippen LogP contribution in [0.25, 0.3) is 175 Å². The average molecular weight is 2050 g/mol. The number of hydrogen-bond acceptors (Lipinski definition) is 6. The molecular formula is C131H96BBr2N6O6P. The summed E-state index contributed by atoms with van der Waals surface area (Å²) in [5.41, 5.74) is 22.0. The number of nitro groups is 2. The zero-order valence-corrected chi connectivity index (χ0v) is 85.0. The van der Waals surface area contributed by atoms with Gasteiger partial charge in [-0.2, -0.15) is 0 Å². The molecule has 16 heteroatoms. The van der Waals surface area contributed by atoms with Crippen LogP contribution in [0, 0.1) is 20.2 Å². The predicted molar refractivity (Wildman–Crippen MR) is 623 cm³/mol. The summed E-state index contributed by atoms with van der Waals surface area (Å²) in [7, 11) is -0.821. The first-order valence-corrected chi connectivity index (χ1v) is 52.1. The molecule has 5 heterocycles. The van der Waals surface area contributed by atoms with Crippen molar-refractivity contribution >= 4 is 210 Å². The Balaban J connectivity index is 0.0000000997. The van der Waals surface area contributed by atoms with E-state index in [4.69, 9.17) is 9.31 Å². The van der Waals surface area contributed by atoms with Crippen LogP contribution in [0.4, 0.5) is 11.4 Å². The first kappa shape index (κ1) is 93.9. The predicted octanol–water partition coefficient (Wildman–Crippen LogP) is 33.8. The minimum atomic E-state index is -0.446. The Kier molecular flexibility index (Phi) is 25.6. The Morgan fingerprint density at radius 2 is 0.599 bits per heavy atom. The van der Waals surface area contributed by atoms with Crippen LogP contribution in [0.2, 0.25) is 0 Å². The molecule has 28 rings (SSSR count). The quantitative estimate of drug-likeness (QED) is 0.0550. The summed E-state index contributed by atoms with van der Waals surface area (Å²) >= 11 is 6.68. The molecule has 0 radical (unpaired) electrons. The van der Waals surface area contributed by atoms with E-state index in [9.17, 15) is 20.2 Å². The van der Waals surface area contributed by atoms with Gasteiger partial charge in [-0.15, -0.1) is 0 Å². The van der Waals surface area contributed by atoms with Gasteiger partial charge < -0.3 is 27.6 Å². The molecule has 0 atom stereocenters. The summed E-state index contributed by atoms with van der Waals surface area (Å²) in [5.74, 6) is 0. The van der Waals surface area contributed by atoms with E-state index in [1.165, 1.54) is 164 Å². The van der Waals surface area contributed by atoms with Crippen molar-refractivity contribution in [1.29, 1.82) is 0 Å². The van der Waals surface area contributed by atoms with Crippen molar-refractivity contribution in [3.63, 3.8) is 0 Å². The van der Waals surface area contributed by atoms with Gasteiger partial charge in [-0.25, -0.2) is 0 Å². The maximum absolute atomic E-state index is 11.6. The van der Waals surface area contributed by atoms with Crippen molar-refractivity contribution in [3.8, 4) is 45.0 Å². The van der Waals surface area contributed by atoms with Gasteiger partial charge in [0.15, 0.2) is 0 Å². The van der Waals surface area contributed by atoms with Crippen LogP contribution in [-0.2, 0) is 15.7 Å². The molecule has 1 fully saturated rings. The van der Waals surface area contributed by atoms with Gasteiger partial charge in [0.05, 0.1) is 75.2 Å². The Morgan fingerprint density at radius 3 is 1.01 bits per heavy atom. The van der Waals surface area contributed by atoms with Gasteiger partial charge in [0, 0.05) is 104 Å². The summed E-state index contributed by atoms with van der Waals surface area (Å²) < 4.78 is 23.8. The second kappa shape index (κ2) is 40.1. The summed E-state index contributed by atoms with van der Waals surface area (Å²) in [6.07, 6.45) is 1.01. The minimum Gasteiger partial charge on any atom is -0.399 e. The molecule has 2 aliphatic rings. The lowest BCUT2D eigenvalue weighted by Crippen LogP contribution is -2.41. The first-order chi connectivity index (χ1) is 71.9. The number of para-hydroxylation sites is 6. The third-order valence-electron chi connectivity index (χ3n) is 28.6. The van der Waals surface area contributed by atoms with Crippen LogP contribution in [0.1, 0.15) is 38.8 Å². The monoisotopic (exact) mass is 2050 g/mol. The molecule has 1 saturated heterocycles. The Bertz CT molecular complexity index is 9410. The lowest BCUT2D eigenvalue weighted by atomic mass is 9.78. The van der Waals surface area contributed by atoms with Gasteiger partial charge in [-0.05, 0) is 238 Å². The number of nitro benzene ring substituents is 2. The average Bonchev–Trinajstić information content (AvgIpc) is 1.57. The van der Waals surface area contributed by atoms with E-state index in [-0.39, 0.29) is 34.6 Å². The highest BCUT2D eigenvalue weighted by Crippen LogP contribution is 2.48. The number of fused-ring (bicyclic) bond motifs is 23. The molecule has 4 aromatic heterocycles. The van der Waals surface area contributed by atoms with E-state index < -0.39 is 12.8 Å². The van der Waals surface area contributed by atoms with Gasteiger partial charge >= 0.3 is 7.12 Å². The lowest BCUT2D eigenvalue weighted by molar-refractivity contribution is -0.385. The second-order valence-electron chi connectivity index (χ2n) is 37.9. The number of benzene rings is 22. The molecule has 147 heavy (non-hydrogen) atoms. The highest BCUT2D eigenvalue weighted by Gasteiger charge is 2.52. The molecule has 12 nitrogen and oxygen atoms in total. The standard InChI is InChI=1S/C29H19N.C28H26BNO2.C28H18N2O2.C22H14BrN.C18H15P.C6H4BrNO2/c1-2-10-22(11-3-1)30-28-17-21-16-20-9-5-6-12-23(20)26(21)18-27(28)25-15-14-19-8-4-7-13-24(19)29(25)30;1-27(2)28(3,4)32-29(31-27)20-15-17-25-24(18-20)23-16-14-19-10-8-9-13-22(19)26(23)30(25)21-11-6-5-7-12-21;31-30(32)27-13-7-6-11-22(27)20-15-17-26-25(18-20)24-16-14-19-8-4-5-12-23(19)28(24)29(26)21-9-2-1-3-10-21;23-16-11-13-21-20(14-16)19-12-10-15-6-4-5-9-18(15)22(19)24(21)17-7-2-1-3-8-17;1-4-10-16(11-5-1)19(17-12-6-2-7-13-17)18-14-8-3-9-15-18;7-5-3-1-2-4-6(5)8(9)10/h1-15,17-18H,16H2;5-18H,1-4H3;1-18H;1-14H;1-15H;1-4H. The minimum absolute atomic E-state index is 0.0995. The van der Waals surface area contributed by atoms with E-state index >= 15 is 0 Å². The molecule has 0 saturated carbocycles. The zero-order chi connectivity index (χ0) is 100.0. The number of hydrogen-bond donors (Lipinski definition) is 0. The second-order valence-corrected chi connectivity index (χ2v) is 41.8.